The van der Waals surface area contributed by atoms with Gasteiger partial charge in [0.1, 0.15) is 11.8 Å². The number of ether oxygens (including phenoxy) is 1. The number of sulfonamides is 1. The predicted octanol–water partition coefficient (Wildman–Crippen LogP) is 4.27. The Bertz CT molecular complexity index is 1160. The Morgan fingerprint density at radius 2 is 1.73 bits per heavy atom. The average Bonchev–Trinajstić information content (AvgIpc) is 2.80. The Morgan fingerprint density at radius 3 is 2.24 bits per heavy atom. The van der Waals surface area contributed by atoms with Gasteiger partial charge < -0.3 is 15.0 Å². The molecule has 2 amide bonds. The number of methoxy groups -OCH3 is 1. The van der Waals surface area contributed by atoms with Crippen LogP contribution in [-0.2, 0) is 26.2 Å². The van der Waals surface area contributed by atoms with Crippen molar-refractivity contribution in [2.45, 2.75) is 72.0 Å². The van der Waals surface area contributed by atoms with Gasteiger partial charge in [0.2, 0.25) is 21.8 Å². The summed E-state index contributed by atoms with van der Waals surface area (Å²) in [5.41, 5.74) is 1.95. The summed E-state index contributed by atoms with van der Waals surface area (Å²) in [4.78, 5) is 28.3. The molecule has 0 fully saturated rings. The molecule has 0 aliphatic heterocycles. The lowest BCUT2D eigenvalue weighted by atomic mass is 10.0. The minimum Gasteiger partial charge on any atom is -0.497 e. The minimum absolute atomic E-state index is 0.104. The molecule has 0 heterocycles. The molecule has 2 aromatic rings. The highest BCUT2D eigenvalue weighted by Gasteiger charge is 2.30. The van der Waals surface area contributed by atoms with Crippen LogP contribution in [0.15, 0.2) is 48.5 Å². The normalized spacial score (nSPS) is 12.5. The van der Waals surface area contributed by atoms with Gasteiger partial charge in [0.25, 0.3) is 0 Å². The van der Waals surface area contributed by atoms with Crippen molar-refractivity contribution < 1.29 is 22.7 Å². The number of benzene rings is 2. The molecule has 37 heavy (non-hydrogen) atoms. The summed E-state index contributed by atoms with van der Waals surface area (Å²) in [5.74, 6) is 0.287. The SMILES string of the molecule is CC[C@H](C(=O)NC(C)(C)C)N(Cc1ccc(OC)cc1)C(=O)CCCN(c1cccc(C)c1)S(C)(=O)=O. The van der Waals surface area contributed by atoms with E-state index in [0.29, 0.717) is 24.3 Å². The monoisotopic (exact) mass is 531 g/mol. The van der Waals surface area contributed by atoms with Crippen LogP contribution < -0.4 is 14.4 Å². The van der Waals surface area contributed by atoms with E-state index in [1.165, 1.54) is 4.31 Å². The molecule has 0 aromatic heterocycles. The number of carbonyl (C=O) groups is 2. The number of nitrogens with one attached hydrogen (secondary N) is 1. The molecule has 2 aromatic carbocycles. The molecule has 1 N–H and O–H groups in total. The summed E-state index contributed by atoms with van der Waals surface area (Å²) in [7, 11) is -1.94. The number of nitrogens with zero attached hydrogens (tertiary/aromatic N) is 2. The van der Waals surface area contributed by atoms with Crippen molar-refractivity contribution in [2.24, 2.45) is 0 Å². The van der Waals surface area contributed by atoms with Gasteiger partial charge in [-0.15, -0.1) is 0 Å². The molecule has 0 aliphatic carbocycles. The fourth-order valence-corrected chi connectivity index (χ4v) is 5.04. The predicted molar refractivity (Wildman–Crippen MR) is 148 cm³/mol. The number of anilines is 1. The second-order valence-corrected chi connectivity index (χ2v) is 12.2. The summed E-state index contributed by atoms with van der Waals surface area (Å²) in [6.45, 7) is 9.90. The number of carbonyl (C=O) groups excluding carboxylic acids is 2. The van der Waals surface area contributed by atoms with Crippen LogP contribution in [0.4, 0.5) is 5.69 Å². The molecular formula is C28H41N3O5S. The summed E-state index contributed by atoms with van der Waals surface area (Å²) in [6.07, 6.45) is 2.03. The highest BCUT2D eigenvalue weighted by atomic mass is 32.2. The van der Waals surface area contributed by atoms with E-state index in [-0.39, 0.29) is 31.3 Å². The maximum Gasteiger partial charge on any atom is 0.243 e. The van der Waals surface area contributed by atoms with Crippen molar-refractivity contribution in [2.75, 3.05) is 24.2 Å². The third-order valence-electron chi connectivity index (χ3n) is 5.84. The maximum absolute atomic E-state index is 13.5. The molecule has 0 aliphatic rings. The van der Waals surface area contributed by atoms with E-state index < -0.39 is 21.6 Å². The quantitative estimate of drug-likeness (QED) is 0.441. The van der Waals surface area contributed by atoms with Crippen LogP contribution in [0.3, 0.4) is 0 Å². The molecule has 8 nitrogen and oxygen atoms in total. The Labute approximate surface area is 222 Å². The van der Waals surface area contributed by atoms with Crippen LogP contribution >= 0.6 is 0 Å². The highest BCUT2D eigenvalue weighted by Crippen LogP contribution is 2.21. The van der Waals surface area contributed by atoms with E-state index in [4.69, 9.17) is 4.74 Å². The van der Waals surface area contributed by atoms with Crippen molar-refractivity contribution >= 4 is 27.5 Å². The van der Waals surface area contributed by atoms with E-state index in [0.717, 1.165) is 17.4 Å². The summed E-state index contributed by atoms with van der Waals surface area (Å²) in [6, 6.07) is 14.0. The van der Waals surface area contributed by atoms with Crippen LogP contribution in [0, 0.1) is 6.92 Å². The minimum atomic E-state index is -3.53. The zero-order valence-corrected chi connectivity index (χ0v) is 23.9. The van der Waals surface area contributed by atoms with Gasteiger partial charge in [-0.2, -0.15) is 0 Å². The second kappa shape index (κ2) is 12.9. The summed E-state index contributed by atoms with van der Waals surface area (Å²) in [5, 5.41) is 2.99. The Kier molecular flexibility index (Phi) is 10.5. The number of aryl methyl sites for hydroxylation is 1. The van der Waals surface area contributed by atoms with Gasteiger partial charge in [-0.25, -0.2) is 8.42 Å². The number of hydrogen-bond donors (Lipinski definition) is 1. The molecule has 1 atom stereocenters. The molecule has 0 saturated heterocycles. The molecule has 0 saturated carbocycles. The van der Waals surface area contributed by atoms with E-state index in [2.05, 4.69) is 5.32 Å². The molecule has 0 bridgehead atoms. The fourth-order valence-electron chi connectivity index (χ4n) is 4.09. The third kappa shape index (κ3) is 9.39. The molecule has 0 spiro atoms. The van der Waals surface area contributed by atoms with Gasteiger partial charge in [-0.05, 0) is 75.9 Å². The van der Waals surface area contributed by atoms with Crippen molar-refractivity contribution in [3.63, 3.8) is 0 Å². The van der Waals surface area contributed by atoms with Gasteiger partial charge >= 0.3 is 0 Å². The fraction of sp³-hybridized carbons (Fsp3) is 0.500. The van der Waals surface area contributed by atoms with E-state index in [9.17, 15) is 18.0 Å². The van der Waals surface area contributed by atoms with Gasteiger partial charge in [0, 0.05) is 25.0 Å². The summed E-state index contributed by atoms with van der Waals surface area (Å²) < 4.78 is 31.5. The first-order chi connectivity index (χ1) is 17.2. The van der Waals surface area contributed by atoms with E-state index in [1.54, 1.807) is 18.1 Å². The van der Waals surface area contributed by atoms with Crippen LogP contribution in [0.1, 0.15) is 58.1 Å². The molecule has 0 unspecified atom stereocenters. The molecule has 0 radical (unpaired) electrons. The van der Waals surface area contributed by atoms with E-state index >= 15 is 0 Å². The Balaban J connectivity index is 2.24. The Morgan fingerprint density at radius 1 is 1.08 bits per heavy atom. The lowest BCUT2D eigenvalue weighted by molar-refractivity contribution is -0.142. The van der Waals surface area contributed by atoms with Crippen LogP contribution in [0.5, 0.6) is 5.75 Å². The first kappa shape index (κ1) is 30.2. The van der Waals surface area contributed by atoms with Gasteiger partial charge in [-0.3, -0.25) is 13.9 Å². The first-order valence-corrected chi connectivity index (χ1v) is 14.4. The van der Waals surface area contributed by atoms with Crippen molar-refractivity contribution in [1.29, 1.82) is 0 Å². The lowest BCUT2D eigenvalue weighted by Crippen LogP contribution is -2.53. The number of amides is 2. The second-order valence-electron chi connectivity index (χ2n) is 10.3. The zero-order valence-electron chi connectivity index (χ0n) is 23.1. The van der Waals surface area contributed by atoms with E-state index in [1.807, 2.05) is 77.1 Å². The van der Waals surface area contributed by atoms with Gasteiger partial charge in [-0.1, -0.05) is 31.2 Å². The van der Waals surface area contributed by atoms with Gasteiger partial charge in [0.15, 0.2) is 0 Å². The lowest BCUT2D eigenvalue weighted by Gasteiger charge is -2.33. The first-order valence-electron chi connectivity index (χ1n) is 12.5. The zero-order chi connectivity index (χ0) is 27.8. The van der Waals surface area contributed by atoms with Crippen molar-refractivity contribution in [3.8, 4) is 5.75 Å². The van der Waals surface area contributed by atoms with Crippen molar-refractivity contribution in [1.82, 2.24) is 10.2 Å². The molecule has 204 valence electrons. The van der Waals surface area contributed by atoms with Crippen LogP contribution in [-0.4, -0.2) is 56.6 Å². The van der Waals surface area contributed by atoms with Crippen LogP contribution in [0.2, 0.25) is 0 Å². The summed E-state index contributed by atoms with van der Waals surface area (Å²) >= 11 is 0. The average molecular weight is 532 g/mol. The smallest absolute Gasteiger partial charge is 0.243 e. The molecular weight excluding hydrogens is 490 g/mol. The highest BCUT2D eigenvalue weighted by molar-refractivity contribution is 7.92. The van der Waals surface area contributed by atoms with Crippen LogP contribution in [0.25, 0.3) is 0 Å². The molecule has 2 rings (SSSR count). The topological polar surface area (TPSA) is 96.0 Å². The number of hydrogen-bond acceptors (Lipinski definition) is 5. The van der Waals surface area contributed by atoms with Crippen molar-refractivity contribution in [3.05, 3.63) is 59.7 Å². The number of rotatable bonds is 12. The van der Waals surface area contributed by atoms with Gasteiger partial charge in [0.05, 0.1) is 19.1 Å². The Hall–Kier alpha value is -3.07. The molecule has 9 heteroatoms. The standard InChI is InChI=1S/C28H41N3O5S/c1-8-25(27(33)29-28(3,4)5)30(20-22-14-16-24(36-6)17-15-22)26(32)13-10-18-31(37(7,34)35)23-12-9-11-21(2)19-23/h9,11-12,14-17,19,25H,8,10,13,18,20H2,1-7H3,(H,29,33)/t25-/m1/s1. The third-order valence-corrected chi connectivity index (χ3v) is 7.03. The largest absolute Gasteiger partial charge is 0.497 e. The maximum atomic E-state index is 13.5.